The summed E-state index contributed by atoms with van der Waals surface area (Å²) < 4.78 is 8.89. The second kappa shape index (κ2) is 7.13. The van der Waals surface area contributed by atoms with E-state index < -0.39 is 0 Å². The van der Waals surface area contributed by atoms with Gasteiger partial charge in [-0.15, -0.1) is 0 Å². The molecule has 1 N–H and O–H groups in total. The number of aromatic nitrogens is 2. The largest absolute Gasteiger partial charge is 0.496 e. The van der Waals surface area contributed by atoms with Crippen LogP contribution in [0.1, 0.15) is 24.9 Å². The zero-order chi connectivity index (χ0) is 15.2. The Hall–Kier alpha value is -2.01. The summed E-state index contributed by atoms with van der Waals surface area (Å²) in [6.45, 7) is 3.39. The molecule has 0 aliphatic rings. The molecule has 2 aromatic rings. The molecule has 1 aromatic carbocycles. The molecule has 0 saturated carbocycles. The van der Waals surface area contributed by atoms with Gasteiger partial charge in [0, 0.05) is 31.0 Å². The molecule has 2 rings (SSSR count). The van der Waals surface area contributed by atoms with E-state index in [9.17, 15) is 4.79 Å². The van der Waals surface area contributed by atoms with Crippen LogP contribution in [0.25, 0.3) is 0 Å². The maximum absolute atomic E-state index is 12.3. The number of benzene rings is 1. The van der Waals surface area contributed by atoms with E-state index in [-0.39, 0.29) is 11.7 Å². The highest BCUT2D eigenvalue weighted by atomic mass is 16.5. The first kappa shape index (κ1) is 15.4. The van der Waals surface area contributed by atoms with E-state index in [0.717, 1.165) is 24.3 Å². The van der Waals surface area contributed by atoms with Crippen molar-refractivity contribution in [1.82, 2.24) is 14.5 Å². The molecule has 0 fully saturated rings. The van der Waals surface area contributed by atoms with Crippen LogP contribution in [0.3, 0.4) is 0 Å². The molecule has 0 aliphatic heterocycles. The molecule has 1 aromatic heterocycles. The summed E-state index contributed by atoms with van der Waals surface area (Å²) in [5.74, 6) is 0.831. The van der Waals surface area contributed by atoms with Crippen molar-refractivity contribution in [2.45, 2.75) is 32.5 Å². The molecule has 0 aliphatic carbocycles. The number of ether oxygens (including phenoxy) is 1. The lowest BCUT2D eigenvalue weighted by Gasteiger charge is -2.19. The highest BCUT2D eigenvalue weighted by molar-refractivity contribution is 5.35. The maximum Gasteiger partial charge on any atom is 0.328 e. The lowest BCUT2D eigenvalue weighted by molar-refractivity contribution is 0.393. The van der Waals surface area contributed by atoms with Crippen molar-refractivity contribution < 1.29 is 4.74 Å². The van der Waals surface area contributed by atoms with Crippen molar-refractivity contribution in [3.8, 4) is 5.75 Å². The number of imidazole rings is 1. The van der Waals surface area contributed by atoms with Crippen molar-refractivity contribution in [1.29, 1.82) is 0 Å². The number of rotatable bonds is 7. The molecule has 0 amide bonds. The molecule has 1 heterocycles. The minimum atomic E-state index is 0.0244. The van der Waals surface area contributed by atoms with Crippen LogP contribution in [0.15, 0.2) is 41.5 Å². The average Bonchev–Trinajstić information content (AvgIpc) is 2.86. The number of nitrogens with zero attached hydrogens (tertiary/aromatic N) is 2. The predicted molar refractivity (Wildman–Crippen MR) is 83.8 cm³/mol. The molecular formula is C16H23N3O2. The highest BCUT2D eigenvalue weighted by Gasteiger charge is 2.16. The summed E-state index contributed by atoms with van der Waals surface area (Å²) in [4.78, 5) is 12.3. The Labute approximate surface area is 125 Å². The standard InChI is InChI=1S/C16H23N3O2/c1-4-9-18-10-11-19(16(18)20)12-14(17-2)13-7-5-6-8-15(13)21-3/h5-8,10-11,14,17H,4,9,12H2,1-3H3. The van der Waals surface area contributed by atoms with E-state index >= 15 is 0 Å². The van der Waals surface area contributed by atoms with E-state index in [0.29, 0.717) is 6.54 Å². The smallest absolute Gasteiger partial charge is 0.328 e. The third-order valence-corrected chi connectivity index (χ3v) is 3.62. The molecule has 0 spiro atoms. The number of methoxy groups -OCH3 is 1. The van der Waals surface area contributed by atoms with Crippen molar-refractivity contribution in [2.24, 2.45) is 0 Å². The van der Waals surface area contributed by atoms with Gasteiger partial charge < -0.3 is 10.1 Å². The van der Waals surface area contributed by atoms with Crippen LogP contribution in [-0.2, 0) is 13.1 Å². The van der Waals surface area contributed by atoms with Gasteiger partial charge in [0.2, 0.25) is 0 Å². The molecule has 1 atom stereocenters. The van der Waals surface area contributed by atoms with Gasteiger partial charge in [0.1, 0.15) is 5.75 Å². The molecule has 0 radical (unpaired) electrons. The zero-order valence-corrected chi connectivity index (χ0v) is 12.9. The van der Waals surface area contributed by atoms with Gasteiger partial charge in [-0.05, 0) is 19.5 Å². The Morgan fingerprint density at radius 2 is 1.95 bits per heavy atom. The fourth-order valence-corrected chi connectivity index (χ4v) is 2.50. The monoisotopic (exact) mass is 289 g/mol. The van der Waals surface area contributed by atoms with Crippen LogP contribution in [0, 0.1) is 0 Å². The fraction of sp³-hybridized carbons (Fsp3) is 0.438. The van der Waals surface area contributed by atoms with Crippen LogP contribution in [0.4, 0.5) is 0 Å². The second-order valence-electron chi connectivity index (χ2n) is 5.01. The Kier molecular flexibility index (Phi) is 5.22. The van der Waals surface area contributed by atoms with Crippen LogP contribution >= 0.6 is 0 Å². The van der Waals surface area contributed by atoms with Crippen LogP contribution in [0.5, 0.6) is 5.75 Å². The molecule has 5 nitrogen and oxygen atoms in total. The van der Waals surface area contributed by atoms with E-state index in [1.807, 2.05) is 43.7 Å². The Morgan fingerprint density at radius 1 is 1.24 bits per heavy atom. The first-order valence-corrected chi connectivity index (χ1v) is 7.27. The summed E-state index contributed by atoms with van der Waals surface area (Å²) in [6, 6.07) is 7.90. The quantitative estimate of drug-likeness (QED) is 0.848. The van der Waals surface area contributed by atoms with Crippen molar-refractivity contribution >= 4 is 0 Å². The molecule has 5 heteroatoms. The number of likely N-dealkylation sites (N-methyl/N-ethyl adjacent to an activating group) is 1. The van der Waals surface area contributed by atoms with E-state index in [1.54, 1.807) is 16.2 Å². The minimum absolute atomic E-state index is 0.0244. The predicted octanol–water partition coefficient (Wildman–Crippen LogP) is 2.03. The Morgan fingerprint density at radius 3 is 2.62 bits per heavy atom. The molecule has 21 heavy (non-hydrogen) atoms. The molecule has 1 unspecified atom stereocenters. The van der Waals surface area contributed by atoms with Gasteiger partial charge in [0.25, 0.3) is 0 Å². The second-order valence-corrected chi connectivity index (χ2v) is 5.01. The zero-order valence-electron chi connectivity index (χ0n) is 12.9. The lowest BCUT2D eigenvalue weighted by atomic mass is 10.1. The van der Waals surface area contributed by atoms with Crippen LogP contribution in [-0.4, -0.2) is 23.3 Å². The fourth-order valence-electron chi connectivity index (χ4n) is 2.50. The average molecular weight is 289 g/mol. The summed E-state index contributed by atoms with van der Waals surface area (Å²) in [7, 11) is 3.56. The number of aryl methyl sites for hydroxylation is 1. The van der Waals surface area contributed by atoms with E-state index in [1.165, 1.54) is 0 Å². The van der Waals surface area contributed by atoms with Gasteiger partial charge in [-0.1, -0.05) is 25.1 Å². The number of para-hydroxylation sites is 1. The first-order chi connectivity index (χ1) is 10.2. The number of hydrogen-bond donors (Lipinski definition) is 1. The third-order valence-electron chi connectivity index (χ3n) is 3.62. The van der Waals surface area contributed by atoms with Gasteiger partial charge in [-0.2, -0.15) is 0 Å². The van der Waals surface area contributed by atoms with Crippen molar-refractivity contribution in [2.75, 3.05) is 14.2 Å². The van der Waals surface area contributed by atoms with Gasteiger partial charge >= 0.3 is 5.69 Å². The SMILES string of the molecule is CCCn1ccn(CC(NC)c2ccccc2OC)c1=O. The Balaban J connectivity index is 2.25. The number of nitrogens with one attached hydrogen (secondary N) is 1. The molecular weight excluding hydrogens is 266 g/mol. The van der Waals surface area contributed by atoms with Crippen LogP contribution in [0.2, 0.25) is 0 Å². The molecule has 0 bridgehead atoms. The number of hydrogen-bond acceptors (Lipinski definition) is 3. The van der Waals surface area contributed by atoms with Crippen molar-refractivity contribution in [3.63, 3.8) is 0 Å². The van der Waals surface area contributed by atoms with Gasteiger partial charge in [-0.3, -0.25) is 9.13 Å². The van der Waals surface area contributed by atoms with Gasteiger partial charge in [-0.25, -0.2) is 4.79 Å². The van der Waals surface area contributed by atoms with E-state index in [4.69, 9.17) is 4.74 Å². The molecule has 114 valence electrons. The topological polar surface area (TPSA) is 48.2 Å². The molecule has 0 saturated heterocycles. The summed E-state index contributed by atoms with van der Waals surface area (Å²) in [6.07, 6.45) is 4.64. The maximum atomic E-state index is 12.3. The summed E-state index contributed by atoms with van der Waals surface area (Å²) in [5, 5.41) is 3.26. The van der Waals surface area contributed by atoms with Gasteiger partial charge in [0.15, 0.2) is 0 Å². The van der Waals surface area contributed by atoms with Gasteiger partial charge in [0.05, 0.1) is 13.2 Å². The normalized spacial score (nSPS) is 12.3. The van der Waals surface area contributed by atoms with Crippen LogP contribution < -0.4 is 15.7 Å². The highest BCUT2D eigenvalue weighted by Crippen LogP contribution is 2.25. The third kappa shape index (κ3) is 3.36. The first-order valence-electron chi connectivity index (χ1n) is 7.27. The minimum Gasteiger partial charge on any atom is -0.496 e. The Bertz CT molecular complexity index is 630. The van der Waals surface area contributed by atoms with E-state index in [2.05, 4.69) is 12.2 Å². The summed E-state index contributed by atoms with van der Waals surface area (Å²) in [5.41, 5.74) is 1.09. The van der Waals surface area contributed by atoms with Crippen molar-refractivity contribution in [3.05, 3.63) is 52.7 Å². The summed E-state index contributed by atoms with van der Waals surface area (Å²) >= 11 is 0. The lowest BCUT2D eigenvalue weighted by Crippen LogP contribution is -2.30.